The lowest BCUT2D eigenvalue weighted by molar-refractivity contribution is -0.206. The van der Waals surface area contributed by atoms with E-state index in [-0.39, 0.29) is 5.56 Å². The fourth-order valence-corrected chi connectivity index (χ4v) is 1.74. The highest BCUT2D eigenvalue weighted by molar-refractivity contribution is 5.84. The number of aromatic nitrogens is 1. The van der Waals surface area contributed by atoms with Crippen molar-refractivity contribution in [2.24, 2.45) is 7.05 Å². The van der Waals surface area contributed by atoms with Crippen molar-refractivity contribution in [1.29, 1.82) is 0 Å². The summed E-state index contributed by atoms with van der Waals surface area (Å²) < 4.78 is 38.9. The third-order valence-corrected chi connectivity index (χ3v) is 2.57. The standard InChI is InChI=1S/C11H10F3NO/c1-15-6-5-7-8(3-2-4-9(7)15)10(16)11(12,13)14/h2-6,10,16H,1H3/t10-/m1/s1. The van der Waals surface area contributed by atoms with E-state index in [2.05, 4.69) is 0 Å². The molecule has 2 aromatic rings. The van der Waals surface area contributed by atoms with Crippen molar-refractivity contribution < 1.29 is 18.3 Å². The minimum atomic E-state index is -4.63. The van der Waals surface area contributed by atoms with Crippen molar-refractivity contribution in [2.75, 3.05) is 0 Å². The maximum absolute atomic E-state index is 12.4. The number of fused-ring (bicyclic) bond motifs is 1. The van der Waals surface area contributed by atoms with E-state index in [0.717, 1.165) is 0 Å². The number of alkyl halides is 3. The smallest absolute Gasteiger partial charge is 0.379 e. The van der Waals surface area contributed by atoms with Crippen molar-refractivity contribution in [3.05, 3.63) is 36.0 Å². The molecule has 0 fully saturated rings. The highest BCUT2D eigenvalue weighted by Crippen LogP contribution is 2.35. The van der Waals surface area contributed by atoms with Crippen LogP contribution in [-0.2, 0) is 7.05 Å². The maximum atomic E-state index is 12.4. The summed E-state index contributed by atoms with van der Waals surface area (Å²) in [4.78, 5) is 0. The van der Waals surface area contributed by atoms with Gasteiger partial charge in [-0.25, -0.2) is 0 Å². The Bertz CT molecular complexity index is 515. The zero-order chi connectivity index (χ0) is 11.9. The molecule has 1 atom stereocenters. The molecule has 0 radical (unpaired) electrons. The Kier molecular flexibility index (Phi) is 2.42. The zero-order valence-corrected chi connectivity index (χ0v) is 8.49. The van der Waals surface area contributed by atoms with Gasteiger partial charge in [0.2, 0.25) is 0 Å². The van der Waals surface area contributed by atoms with Crippen LogP contribution in [0.4, 0.5) is 13.2 Å². The summed E-state index contributed by atoms with van der Waals surface area (Å²) in [5, 5.41) is 9.66. The van der Waals surface area contributed by atoms with Gasteiger partial charge in [0.1, 0.15) is 0 Å². The highest BCUT2D eigenvalue weighted by atomic mass is 19.4. The van der Waals surface area contributed by atoms with E-state index in [1.807, 2.05) is 0 Å². The number of benzene rings is 1. The van der Waals surface area contributed by atoms with Crippen molar-refractivity contribution in [3.8, 4) is 0 Å². The third kappa shape index (κ3) is 1.67. The molecule has 0 unspecified atom stereocenters. The molecule has 0 spiro atoms. The first-order valence-electron chi connectivity index (χ1n) is 4.70. The van der Waals surface area contributed by atoms with Crippen LogP contribution in [-0.4, -0.2) is 15.8 Å². The lowest BCUT2D eigenvalue weighted by Gasteiger charge is -2.15. The van der Waals surface area contributed by atoms with E-state index in [1.54, 1.807) is 29.9 Å². The van der Waals surface area contributed by atoms with Gasteiger partial charge < -0.3 is 9.67 Å². The Labute approximate surface area is 89.9 Å². The van der Waals surface area contributed by atoms with Crippen LogP contribution in [0.25, 0.3) is 10.9 Å². The van der Waals surface area contributed by atoms with Crippen LogP contribution in [0.3, 0.4) is 0 Å². The van der Waals surface area contributed by atoms with Crippen LogP contribution < -0.4 is 0 Å². The number of aliphatic hydroxyl groups excluding tert-OH is 1. The van der Waals surface area contributed by atoms with Crippen molar-refractivity contribution >= 4 is 10.9 Å². The van der Waals surface area contributed by atoms with Crippen LogP contribution in [0.2, 0.25) is 0 Å². The molecule has 86 valence electrons. The van der Waals surface area contributed by atoms with Gasteiger partial charge in [-0.15, -0.1) is 0 Å². The number of aryl methyl sites for hydroxylation is 1. The average molecular weight is 229 g/mol. The molecule has 1 N–H and O–H groups in total. The molecule has 5 heteroatoms. The predicted octanol–water partition coefficient (Wildman–Crippen LogP) is 2.77. The molecule has 0 saturated heterocycles. The zero-order valence-electron chi connectivity index (χ0n) is 8.49. The molecule has 1 aromatic carbocycles. The van der Waals surface area contributed by atoms with Gasteiger partial charge in [-0.1, -0.05) is 12.1 Å². The second kappa shape index (κ2) is 3.52. The summed E-state index contributed by atoms with van der Waals surface area (Å²) in [5.41, 5.74) is 0.561. The van der Waals surface area contributed by atoms with E-state index in [9.17, 15) is 18.3 Å². The molecule has 0 amide bonds. The van der Waals surface area contributed by atoms with Crippen LogP contribution in [0, 0.1) is 0 Å². The molecule has 16 heavy (non-hydrogen) atoms. The Morgan fingerprint density at radius 2 is 1.94 bits per heavy atom. The topological polar surface area (TPSA) is 25.2 Å². The van der Waals surface area contributed by atoms with Gasteiger partial charge in [-0.3, -0.25) is 0 Å². The first kappa shape index (κ1) is 11.0. The van der Waals surface area contributed by atoms with Gasteiger partial charge in [0.15, 0.2) is 6.10 Å². The molecule has 0 aliphatic heterocycles. The monoisotopic (exact) mass is 229 g/mol. The largest absolute Gasteiger partial charge is 0.418 e. The molecule has 1 aromatic heterocycles. The van der Waals surface area contributed by atoms with Crippen LogP contribution >= 0.6 is 0 Å². The summed E-state index contributed by atoms with van der Waals surface area (Å²) in [6.07, 6.45) is -5.40. The van der Waals surface area contributed by atoms with Crippen molar-refractivity contribution in [1.82, 2.24) is 4.57 Å². The average Bonchev–Trinajstić information content (AvgIpc) is 2.58. The Hall–Kier alpha value is -1.49. The van der Waals surface area contributed by atoms with E-state index in [1.165, 1.54) is 12.1 Å². The second-order valence-electron chi connectivity index (χ2n) is 3.65. The van der Waals surface area contributed by atoms with E-state index < -0.39 is 12.3 Å². The maximum Gasteiger partial charge on any atom is 0.418 e. The number of nitrogens with zero attached hydrogens (tertiary/aromatic N) is 1. The van der Waals surface area contributed by atoms with Crippen LogP contribution in [0.15, 0.2) is 30.5 Å². The van der Waals surface area contributed by atoms with E-state index in [0.29, 0.717) is 10.9 Å². The Balaban J connectivity index is 2.61. The molecule has 2 nitrogen and oxygen atoms in total. The summed E-state index contributed by atoms with van der Waals surface area (Å²) in [6, 6.07) is 6.08. The third-order valence-electron chi connectivity index (χ3n) is 2.57. The molecule has 0 aliphatic rings. The predicted molar refractivity (Wildman–Crippen MR) is 53.9 cm³/mol. The molecule has 0 saturated carbocycles. The molecular formula is C11H10F3NO. The molecular weight excluding hydrogens is 219 g/mol. The molecule has 1 heterocycles. The van der Waals surface area contributed by atoms with Gasteiger partial charge in [0, 0.05) is 24.1 Å². The summed E-state index contributed by atoms with van der Waals surface area (Å²) in [5.74, 6) is 0. The molecule has 0 bridgehead atoms. The van der Waals surface area contributed by atoms with Gasteiger partial charge >= 0.3 is 6.18 Å². The van der Waals surface area contributed by atoms with E-state index >= 15 is 0 Å². The first-order valence-corrected chi connectivity index (χ1v) is 4.70. The van der Waals surface area contributed by atoms with Gasteiger partial charge in [0.25, 0.3) is 0 Å². The number of hydrogen-bond acceptors (Lipinski definition) is 1. The number of aliphatic hydroxyl groups is 1. The Morgan fingerprint density at radius 3 is 2.56 bits per heavy atom. The highest BCUT2D eigenvalue weighted by Gasteiger charge is 2.40. The van der Waals surface area contributed by atoms with E-state index in [4.69, 9.17) is 0 Å². The summed E-state index contributed by atoms with van der Waals surface area (Å²) in [6.45, 7) is 0. The Morgan fingerprint density at radius 1 is 1.25 bits per heavy atom. The van der Waals surface area contributed by atoms with Gasteiger partial charge in [-0.05, 0) is 17.7 Å². The number of halogens is 3. The second-order valence-corrected chi connectivity index (χ2v) is 3.65. The quantitative estimate of drug-likeness (QED) is 0.799. The minimum Gasteiger partial charge on any atom is -0.379 e. The SMILES string of the molecule is Cn1ccc2c([C@@H](O)C(F)(F)F)cccc21. The lowest BCUT2D eigenvalue weighted by Crippen LogP contribution is -2.20. The van der Waals surface area contributed by atoms with Crippen molar-refractivity contribution in [2.45, 2.75) is 12.3 Å². The van der Waals surface area contributed by atoms with Crippen molar-refractivity contribution in [3.63, 3.8) is 0 Å². The normalized spacial score (nSPS) is 14.3. The summed E-state index contributed by atoms with van der Waals surface area (Å²) in [7, 11) is 1.74. The van der Waals surface area contributed by atoms with Crippen LogP contribution in [0.1, 0.15) is 11.7 Å². The lowest BCUT2D eigenvalue weighted by atomic mass is 10.0. The van der Waals surface area contributed by atoms with Crippen LogP contribution in [0.5, 0.6) is 0 Å². The first-order chi connectivity index (χ1) is 7.41. The number of rotatable bonds is 1. The fourth-order valence-electron chi connectivity index (χ4n) is 1.74. The van der Waals surface area contributed by atoms with Gasteiger partial charge in [0.05, 0.1) is 0 Å². The summed E-state index contributed by atoms with van der Waals surface area (Å²) >= 11 is 0. The number of hydrogen-bond donors (Lipinski definition) is 1. The molecule has 2 rings (SSSR count). The fraction of sp³-hybridized carbons (Fsp3) is 0.273. The van der Waals surface area contributed by atoms with Gasteiger partial charge in [-0.2, -0.15) is 13.2 Å². The minimum absolute atomic E-state index is 0.106. The molecule has 0 aliphatic carbocycles.